The van der Waals surface area contributed by atoms with Gasteiger partial charge in [0.2, 0.25) is 5.91 Å². The number of rotatable bonds is 6. The van der Waals surface area contributed by atoms with Crippen LogP contribution in [0.1, 0.15) is 13.3 Å². The summed E-state index contributed by atoms with van der Waals surface area (Å²) in [5, 5.41) is 6.14. The molecule has 0 unspecified atom stereocenters. The van der Waals surface area contributed by atoms with Crippen molar-refractivity contribution in [3.05, 3.63) is 54.6 Å². The number of carbonyl (C=O) groups excluding carboxylic acids is 1. The molecule has 0 fully saturated rings. The minimum absolute atomic E-state index is 0.0605. The highest BCUT2D eigenvalue weighted by Crippen LogP contribution is 2.24. The molecule has 0 bridgehead atoms. The zero-order valence-electron chi connectivity index (χ0n) is 12.3. The number of anilines is 2. The fourth-order valence-corrected chi connectivity index (χ4v) is 2.06. The van der Waals surface area contributed by atoms with E-state index in [1.165, 1.54) is 0 Å². The van der Waals surface area contributed by atoms with Gasteiger partial charge < -0.3 is 15.4 Å². The van der Waals surface area contributed by atoms with Gasteiger partial charge in [-0.2, -0.15) is 0 Å². The maximum absolute atomic E-state index is 12.3. The first kappa shape index (κ1) is 14.9. The van der Waals surface area contributed by atoms with Crippen LogP contribution in [0.25, 0.3) is 0 Å². The first-order valence-electron chi connectivity index (χ1n) is 7.00. The van der Waals surface area contributed by atoms with Gasteiger partial charge in [-0.15, -0.1) is 0 Å². The van der Waals surface area contributed by atoms with E-state index in [2.05, 4.69) is 10.6 Å². The standard InChI is InChI=1S/C17H20N2O2/c1-3-14(17(20)18-13-9-5-4-6-10-13)19-15-11-7-8-12-16(15)21-2/h4-12,14,19H,3H2,1-2H3,(H,18,20)/t14-/m0/s1. The Morgan fingerprint density at radius 2 is 1.76 bits per heavy atom. The molecule has 2 aromatic rings. The van der Waals surface area contributed by atoms with Crippen LogP contribution in [-0.2, 0) is 4.79 Å². The Morgan fingerprint density at radius 3 is 2.43 bits per heavy atom. The van der Waals surface area contributed by atoms with Gasteiger partial charge in [0.05, 0.1) is 12.8 Å². The van der Waals surface area contributed by atoms with Crippen LogP contribution in [0.5, 0.6) is 5.75 Å². The summed E-state index contributed by atoms with van der Waals surface area (Å²) in [5.74, 6) is 0.665. The predicted octanol–water partition coefficient (Wildman–Crippen LogP) is 3.52. The molecule has 2 N–H and O–H groups in total. The van der Waals surface area contributed by atoms with Crippen LogP contribution >= 0.6 is 0 Å². The van der Waals surface area contributed by atoms with Gasteiger partial charge in [0, 0.05) is 5.69 Å². The lowest BCUT2D eigenvalue weighted by Crippen LogP contribution is -2.34. The second-order valence-electron chi connectivity index (χ2n) is 4.66. The topological polar surface area (TPSA) is 50.4 Å². The summed E-state index contributed by atoms with van der Waals surface area (Å²) < 4.78 is 5.29. The Hall–Kier alpha value is -2.49. The monoisotopic (exact) mass is 284 g/mol. The van der Waals surface area contributed by atoms with E-state index in [4.69, 9.17) is 4.74 Å². The zero-order valence-corrected chi connectivity index (χ0v) is 12.3. The maximum Gasteiger partial charge on any atom is 0.246 e. The van der Waals surface area contributed by atoms with Crippen molar-refractivity contribution in [2.75, 3.05) is 17.7 Å². The van der Waals surface area contributed by atoms with Crippen LogP contribution in [0.4, 0.5) is 11.4 Å². The largest absolute Gasteiger partial charge is 0.495 e. The molecule has 0 spiro atoms. The molecule has 0 saturated carbocycles. The number of benzene rings is 2. The van der Waals surface area contributed by atoms with E-state index in [1.807, 2.05) is 61.5 Å². The Kier molecular flexibility index (Phi) is 5.21. The lowest BCUT2D eigenvalue weighted by Gasteiger charge is -2.19. The van der Waals surface area contributed by atoms with Crippen LogP contribution < -0.4 is 15.4 Å². The highest BCUT2D eigenvalue weighted by atomic mass is 16.5. The van der Waals surface area contributed by atoms with Crippen LogP contribution in [0.3, 0.4) is 0 Å². The Bertz CT molecular complexity index is 584. The first-order chi connectivity index (χ1) is 10.2. The number of hydrogen-bond donors (Lipinski definition) is 2. The lowest BCUT2D eigenvalue weighted by atomic mass is 10.1. The third kappa shape index (κ3) is 3.99. The number of para-hydroxylation sites is 3. The van der Waals surface area contributed by atoms with E-state index < -0.39 is 0 Å². The molecular formula is C17H20N2O2. The van der Waals surface area contributed by atoms with Crippen LogP contribution in [-0.4, -0.2) is 19.1 Å². The van der Waals surface area contributed by atoms with Crippen molar-refractivity contribution in [3.63, 3.8) is 0 Å². The number of carbonyl (C=O) groups is 1. The molecule has 2 rings (SSSR count). The second-order valence-corrected chi connectivity index (χ2v) is 4.66. The molecular weight excluding hydrogens is 264 g/mol. The first-order valence-corrected chi connectivity index (χ1v) is 7.00. The van der Waals surface area contributed by atoms with Crippen molar-refractivity contribution in [2.24, 2.45) is 0 Å². The average Bonchev–Trinajstić information content (AvgIpc) is 2.53. The molecule has 0 aliphatic rings. The SMILES string of the molecule is CC[C@H](Nc1ccccc1OC)C(=O)Nc1ccccc1. The number of nitrogens with one attached hydrogen (secondary N) is 2. The third-order valence-electron chi connectivity index (χ3n) is 3.20. The van der Waals surface area contributed by atoms with Crippen molar-refractivity contribution in [2.45, 2.75) is 19.4 Å². The molecule has 0 radical (unpaired) electrons. The third-order valence-corrected chi connectivity index (χ3v) is 3.20. The predicted molar refractivity (Wildman–Crippen MR) is 85.8 cm³/mol. The van der Waals surface area contributed by atoms with Crippen molar-refractivity contribution in [3.8, 4) is 5.75 Å². The summed E-state index contributed by atoms with van der Waals surface area (Å²) in [5.41, 5.74) is 1.61. The summed E-state index contributed by atoms with van der Waals surface area (Å²) in [6.07, 6.45) is 0.677. The summed E-state index contributed by atoms with van der Waals surface area (Å²) in [6.45, 7) is 1.97. The van der Waals surface area contributed by atoms with Crippen molar-refractivity contribution < 1.29 is 9.53 Å². The summed E-state index contributed by atoms with van der Waals surface area (Å²) in [4.78, 5) is 12.3. The smallest absolute Gasteiger partial charge is 0.246 e. The minimum atomic E-state index is -0.318. The molecule has 0 aliphatic carbocycles. The van der Waals surface area contributed by atoms with E-state index in [9.17, 15) is 4.79 Å². The van der Waals surface area contributed by atoms with E-state index in [-0.39, 0.29) is 11.9 Å². The molecule has 0 aliphatic heterocycles. The number of hydrogen-bond acceptors (Lipinski definition) is 3. The molecule has 2 aromatic carbocycles. The van der Waals surface area contributed by atoms with Gasteiger partial charge in [0.25, 0.3) is 0 Å². The lowest BCUT2D eigenvalue weighted by molar-refractivity contribution is -0.116. The highest BCUT2D eigenvalue weighted by molar-refractivity contribution is 5.96. The van der Waals surface area contributed by atoms with E-state index >= 15 is 0 Å². The number of amides is 1. The molecule has 0 saturated heterocycles. The van der Waals surface area contributed by atoms with Gasteiger partial charge in [0.15, 0.2) is 0 Å². The maximum atomic E-state index is 12.3. The number of ether oxygens (including phenoxy) is 1. The molecule has 4 heteroatoms. The molecule has 0 heterocycles. The van der Waals surface area contributed by atoms with E-state index in [0.717, 1.165) is 17.1 Å². The fourth-order valence-electron chi connectivity index (χ4n) is 2.06. The summed E-state index contributed by atoms with van der Waals surface area (Å²) >= 11 is 0. The van der Waals surface area contributed by atoms with Crippen LogP contribution in [0.2, 0.25) is 0 Å². The van der Waals surface area contributed by atoms with Crippen LogP contribution in [0, 0.1) is 0 Å². The second kappa shape index (κ2) is 7.33. The van der Waals surface area contributed by atoms with Gasteiger partial charge in [-0.25, -0.2) is 0 Å². The Labute approximate surface area is 125 Å². The quantitative estimate of drug-likeness (QED) is 0.853. The Balaban J connectivity index is 2.07. The summed E-state index contributed by atoms with van der Waals surface area (Å²) in [6, 6.07) is 16.7. The van der Waals surface area contributed by atoms with Crippen LogP contribution in [0.15, 0.2) is 54.6 Å². The van der Waals surface area contributed by atoms with Crippen molar-refractivity contribution in [1.82, 2.24) is 0 Å². The zero-order chi connectivity index (χ0) is 15.1. The average molecular weight is 284 g/mol. The van der Waals surface area contributed by atoms with Crippen molar-refractivity contribution in [1.29, 1.82) is 0 Å². The molecule has 110 valence electrons. The normalized spacial score (nSPS) is 11.5. The molecule has 0 aromatic heterocycles. The summed E-state index contributed by atoms with van der Waals surface area (Å²) in [7, 11) is 1.62. The molecule has 4 nitrogen and oxygen atoms in total. The van der Waals surface area contributed by atoms with Gasteiger partial charge in [-0.1, -0.05) is 37.3 Å². The number of methoxy groups -OCH3 is 1. The molecule has 1 atom stereocenters. The molecule has 21 heavy (non-hydrogen) atoms. The molecule has 1 amide bonds. The minimum Gasteiger partial charge on any atom is -0.495 e. The van der Waals surface area contributed by atoms with Gasteiger partial charge in [-0.05, 0) is 30.7 Å². The van der Waals surface area contributed by atoms with Gasteiger partial charge in [-0.3, -0.25) is 4.79 Å². The van der Waals surface area contributed by atoms with E-state index in [1.54, 1.807) is 7.11 Å². The van der Waals surface area contributed by atoms with E-state index in [0.29, 0.717) is 6.42 Å². The highest BCUT2D eigenvalue weighted by Gasteiger charge is 2.17. The fraction of sp³-hybridized carbons (Fsp3) is 0.235. The van der Waals surface area contributed by atoms with Gasteiger partial charge >= 0.3 is 0 Å². The van der Waals surface area contributed by atoms with Gasteiger partial charge in [0.1, 0.15) is 11.8 Å². The van der Waals surface area contributed by atoms with Crippen molar-refractivity contribution >= 4 is 17.3 Å². The Morgan fingerprint density at radius 1 is 1.10 bits per heavy atom.